The summed E-state index contributed by atoms with van der Waals surface area (Å²) in [6.45, 7) is 6.21. The highest BCUT2D eigenvalue weighted by molar-refractivity contribution is 6.19. The van der Waals surface area contributed by atoms with Gasteiger partial charge >= 0.3 is 0 Å². The first-order chi connectivity index (χ1) is 9.47. The average Bonchev–Trinajstić information content (AvgIpc) is 2.38. The zero-order chi connectivity index (χ0) is 14.8. The van der Waals surface area contributed by atoms with Crippen LogP contribution in [-0.2, 0) is 0 Å². The molecule has 2 atom stereocenters. The largest absolute Gasteiger partial charge is 0.345 e. The van der Waals surface area contributed by atoms with Crippen LogP contribution >= 0.6 is 11.6 Å². The summed E-state index contributed by atoms with van der Waals surface area (Å²) in [5.74, 6) is 1.14. The maximum atomic E-state index is 12.7. The topological polar surface area (TPSA) is 29.1 Å². The van der Waals surface area contributed by atoms with Crippen LogP contribution in [0, 0.1) is 19.8 Å². The van der Waals surface area contributed by atoms with E-state index in [0.717, 1.165) is 36.0 Å². The molecule has 1 N–H and O–H groups in total. The van der Waals surface area contributed by atoms with E-state index >= 15 is 0 Å². The zero-order valence-electron chi connectivity index (χ0n) is 12.6. The highest BCUT2D eigenvalue weighted by Crippen LogP contribution is 2.33. The van der Waals surface area contributed by atoms with Crippen molar-refractivity contribution < 1.29 is 4.79 Å². The number of nitrogens with one attached hydrogen (secondary N) is 1. The summed E-state index contributed by atoms with van der Waals surface area (Å²) in [7, 11) is 0. The number of carbonyl (C=O) groups is 1. The summed E-state index contributed by atoms with van der Waals surface area (Å²) < 4.78 is 0. The zero-order valence-corrected chi connectivity index (χ0v) is 13.4. The average molecular weight is 294 g/mol. The summed E-state index contributed by atoms with van der Waals surface area (Å²) >= 11 is 6.20. The molecule has 2 nitrogen and oxygen atoms in total. The van der Waals surface area contributed by atoms with Crippen LogP contribution in [0.5, 0.6) is 0 Å². The van der Waals surface area contributed by atoms with E-state index in [2.05, 4.69) is 12.2 Å². The minimum absolute atomic E-state index is 0.0235. The van der Waals surface area contributed by atoms with Gasteiger partial charge < -0.3 is 5.32 Å². The maximum absolute atomic E-state index is 12.7. The van der Waals surface area contributed by atoms with Gasteiger partial charge in [0.15, 0.2) is 0 Å². The number of hydrogen-bond donors (Lipinski definition) is 1. The van der Waals surface area contributed by atoms with Gasteiger partial charge in [-0.3, -0.25) is 4.79 Å². The maximum Gasteiger partial charge on any atom is 0.252 e. The molecule has 20 heavy (non-hydrogen) atoms. The van der Waals surface area contributed by atoms with Crippen LogP contribution in [-0.4, -0.2) is 17.3 Å². The molecular formula is C17H24ClNO. The Morgan fingerprint density at radius 2 is 2.05 bits per heavy atom. The second-order valence-corrected chi connectivity index (χ2v) is 6.60. The molecule has 2 rings (SSSR count). The Hall–Kier alpha value is -1.02. The predicted octanol–water partition coefficient (Wildman–Crippen LogP) is 4.22. The molecular weight excluding hydrogens is 270 g/mol. The molecule has 0 heterocycles. The fraction of sp³-hybridized carbons (Fsp3) is 0.588. The Labute approximate surface area is 126 Å². The van der Waals surface area contributed by atoms with Crippen LogP contribution in [0.15, 0.2) is 18.2 Å². The monoisotopic (exact) mass is 293 g/mol. The van der Waals surface area contributed by atoms with Crippen molar-refractivity contribution in [2.24, 2.45) is 5.92 Å². The first kappa shape index (κ1) is 15.4. The predicted molar refractivity (Wildman–Crippen MR) is 84.5 cm³/mol. The third kappa shape index (κ3) is 3.17. The van der Waals surface area contributed by atoms with E-state index in [1.807, 2.05) is 32.0 Å². The van der Waals surface area contributed by atoms with Crippen molar-refractivity contribution in [3.8, 4) is 0 Å². The summed E-state index contributed by atoms with van der Waals surface area (Å²) in [5, 5.41) is 3.24. The molecule has 0 aromatic heterocycles. The van der Waals surface area contributed by atoms with Crippen molar-refractivity contribution in [1.29, 1.82) is 0 Å². The number of hydrogen-bond acceptors (Lipinski definition) is 1. The standard InChI is InChI=1S/C17H24ClNO/c1-12-6-5-9-17(10-12,11-18)19-16(20)15-13(2)7-4-8-14(15)3/h4,7-8,12H,5-6,9-11H2,1-3H3,(H,19,20). The van der Waals surface area contributed by atoms with E-state index in [9.17, 15) is 4.79 Å². The smallest absolute Gasteiger partial charge is 0.252 e. The fourth-order valence-electron chi connectivity index (χ4n) is 3.40. The molecule has 0 saturated heterocycles. The summed E-state index contributed by atoms with van der Waals surface area (Å²) in [6, 6.07) is 5.96. The Morgan fingerprint density at radius 3 is 2.60 bits per heavy atom. The third-order valence-electron chi connectivity index (χ3n) is 4.43. The number of carbonyl (C=O) groups excluding carboxylic acids is 1. The Bertz CT molecular complexity index is 480. The van der Waals surface area contributed by atoms with E-state index in [0.29, 0.717) is 11.8 Å². The SMILES string of the molecule is Cc1cccc(C)c1C(=O)NC1(CCl)CCCC(C)C1. The number of alkyl halides is 1. The molecule has 1 amide bonds. The third-order valence-corrected chi connectivity index (χ3v) is 4.95. The molecule has 1 aliphatic rings. The minimum atomic E-state index is -0.231. The van der Waals surface area contributed by atoms with Crippen LogP contribution in [0.4, 0.5) is 0 Å². The molecule has 1 saturated carbocycles. The van der Waals surface area contributed by atoms with Crippen molar-refractivity contribution in [2.75, 3.05) is 5.88 Å². The van der Waals surface area contributed by atoms with Gasteiger partial charge in [0.05, 0.1) is 5.54 Å². The molecule has 2 unspecified atom stereocenters. The molecule has 1 fully saturated rings. The molecule has 1 aromatic carbocycles. The minimum Gasteiger partial charge on any atom is -0.345 e. The van der Waals surface area contributed by atoms with Gasteiger partial charge in [-0.2, -0.15) is 0 Å². The van der Waals surface area contributed by atoms with Crippen molar-refractivity contribution in [3.63, 3.8) is 0 Å². The molecule has 110 valence electrons. The molecule has 0 radical (unpaired) electrons. The molecule has 3 heteroatoms. The van der Waals surface area contributed by atoms with Gasteiger partial charge in [-0.1, -0.05) is 38.0 Å². The van der Waals surface area contributed by atoms with Crippen LogP contribution in [0.3, 0.4) is 0 Å². The second-order valence-electron chi connectivity index (χ2n) is 6.34. The fourth-order valence-corrected chi connectivity index (χ4v) is 3.71. The lowest BCUT2D eigenvalue weighted by atomic mass is 9.77. The molecule has 1 aliphatic carbocycles. The van der Waals surface area contributed by atoms with Crippen molar-refractivity contribution >= 4 is 17.5 Å². The number of halogens is 1. The summed E-state index contributed by atoms with van der Waals surface area (Å²) in [4.78, 5) is 12.7. The van der Waals surface area contributed by atoms with E-state index in [-0.39, 0.29) is 11.4 Å². The van der Waals surface area contributed by atoms with E-state index in [4.69, 9.17) is 11.6 Å². The number of rotatable bonds is 3. The van der Waals surface area contributed by atoms with Gasteiger partial charge in [0.2, 0.25) is 0 Å². The quantitative estimate of drug-likeness (QED) is 0.831. The van der Waals surface area contributed by atoms with Crippen LogP contribution < -0.4 is 5.32 Å². The van der Waals surface area contributed by atoms with Crippen molar-refractivity contribution in [2.45, 2.75) is 52.0 Å². The Kier molecular flexibility index (Phi) is 4.74. The van der Waals surface area contributed by atoms with Crippen molar-refractivity contribution in [3.05, 3.63) is 34.9 Å². The number of aryl methyl sites for hydroxylation is 2. The van der Waals surface area contributed by atoms with E-state index < -0.39 is 0 Å². The van der Waals surface area contributed by atoms with Gasteiger partial charge in [-0.25, -0.2) is 0 Å². The summed E-state index contributed by atoms with van der Waals surface area (Å²) in [5.41, 5.74) is 2.62. The Balaban J connectivity index is 2.21. The molecule has 0 aliphatic heterocycles. The number of amides is 1. The van der Waals surface area contributed by atoms with Crippen LogP contribution in [0.2, 0.25) is 0 Å². The van der Waals surface area contributed by atoms with Crippen LogP contribution in [0.25, 0.3) is 0 Å². The van der Waals surface area contributed by atoms with E-state index in [1.165, 1.54) is 6.42 Å². The lowest BCUT2D eigenvalue weighted by Gasteiger charge is -2.39. The van der Waals surface area contributed by atoms with Crippen LogP contribution in [0.1, 0.15) is 54.1 Å². The highest BCUT2D eigenvalue weighted by atomic mass is 35.5. The Morgan fingerprint density at radius 1 is 1.40 bits per heavy atom. The first-order valence-electron chi connectivity index (χ1n) is 7.42. The van der Waals surface area contributed by atoms with Gasteiger partial charge in [0.25, 0.3) is 5.91 Å². The lowest BCUT2D eigenvalue weighted by molar-refractivity contribution is 0.0866. The molecule has 0 bridgehead atoms. The lowest BCUT2D eigenvalue weighted by Crippen LogP contribution is -2.52. The van der Waals surface area contributed by atoms with Gasteiger partial charge in [0, 0.05) is 11.4 Å². The first-order valence-corrected chi connectivity index (χ1v) is 7.95. The normalized spacial score (nSPS) is 26.3. The molecule has 1 aromatic rings. The molecule has 0 spiro atoms. The van der Waals surface area contributed by atoms with Crippen molar-refractivity contribution in [1.82, 2.24) is 5.32 Å². The number of benzene rings is 1. The van der Waals surface area contributed by atoms with Gasteiger partial charge in [-0.05, 0) is 43.7 Å². The summed E-state index contributed by atoms with van der Waals surface area (Å²) in [6.07, 6.45) is 4.34. The van der Waals surface area contributed by atoms with Gasteiger partial charge in [-0.15, -0.1) is 11.6 Å². The van der Waals surface area contributed by atoms with Gasteiger partial charge in [0.1, 0.15) is 0 Å². The highest BCUT2D eigenvalue weighted by Gasteiger charge is 2.36. The van der Waals surface area contributed by atoms with E-state index in [1.54, 1.807) is 0 Å². The second kappa shape index (κ2) is 6.17.